The number of likely N-dealkylation sites (tertiary alicyclic amines) is 1. The molecule has 2 bridgehead atoms. The molecular weight excluding hydrogens is 198 g/mol. The van der Waals surface area contributed by atoms with Crippen molar-refractivity contribution in [2.24, 2.45) is 11.8 Å². The van der Waals surface area contributed by atoms with Crippen LogP contribution in [0, 0.1) is 11.8 Å². The van der Waals surface area contributed by atoms with E-state index in [1.54, 1.807) is 0 Å². The van der Waals surface area contributed by atoms with Crippen LogP contribution in [0.25, 0.3) is 0 Å². The van der Waals surface area contributed by atoms with Crippen molar-refractivity contribution >= 4 is 0 Å². The SMILES string of the molecule is OC1C2CCC1CN(Cc1ccccc1)C2. The molecule has 0 amide bonds. The van der Waals surface area contributed by atoms with E-state index >= 15 is 0 Å². The fourth-order valence-corrected chi connectivity index (χ4v) is 3.26. The summed E-state index contributed by atoms with van der Waals surface area (Å²) >= 11 is 0. The third-order valence-electron chi connectivity index (χ3n) is 4.11. The van der Waals surface area contributed by atoms with Crippen molar-refractivity contribution in [3.8, 4) is 0 Å². The topological polar surface area (TPSA) is 23.5 Å². The van der Waals surface area contributed by atoms with Crippen LogP contribution in [0.3, 0.4) is 0 Å². The minimum Gasteiger partial charge on any atom is -0.392 e. The Morgan fingerprint density at radius 3 is 2.31 bits per heavy atom. The minimum atomic E-state index is -0.0213. The molecule has 0 radical (unpaired) electrons. The number of aliphatic hydroxyl groups excluding tert-OH is 1. The van der Waals surface area contributed by atoms with Crippen molar-refractivity contribution in [1.29, 1.82) is 0 Å². The van der Waals surface area contributed by atoms with Crippen LogP contribution in [-0.2, 0) is 6.54 Å². The summed E-state index contributed by atoms with van der Waals surface area (Å²) in [4.78, 5) is 2.50. The summed E-state index contributed by atoms with van der Waals surface area (Å²) < 4.78 is 0. The van der Waals surface area contributed by atoms with Crippen LogP contribution in [0.2, 0.25) is 0 Å². The van der Waals surface area contributed by atoms with E-state index in [-0.39, 0.29) is 6.10 Å². The molecule has 0 aromatic heterocycles. The molecule has 1 N–H and O–H groups in total. The molecule has 2 aliphatic rings. The zero-order chi connectivity index (χ0) is 11.0. The summed E-state index contributed by atoms with van der Waals surface area (Å²) in [6.07, 6.45) is 2.42. The molecule has 1 aliphatic carbocycles. The number of hydrogen-bond acceptors (Lipinski definition) is 2. The first kappa shape index (κ1) is 10.3. The summed E-state index contributed by atoms with van der Waals surface area (Å²) in [5, 5.41) is 9.97. The summed E-state index contributed by atoms with van der Waals surface area (Å²) in [5.41, 5.74) is 1.39. The lowest BCUT2D eigenvalue weighted by Gasteiger charge is -2.35. The van der Waals surface area contributed by atoms with Gasteiger partial charge in [-0.25, -0.2) is 0 Å². The van der Waals surface area contributed by atoms with Crippen LogP contribution in [0.4, 0.5) is 0 Å². The van der Waals surface area contributed by atoms with E-state index in [9.17, 15) is 5.11 Å². The van der Waals surface area contributed by atoms with E-state index in [4.69, 9.17) is 0 Å². The lowest BCUT2D eigenvalue weighted by atomic mass is 9.95. The highest BCUT2D eigenvalue weighted by molar-refractivity contribution is 5.14. The molecule has 2 unspecified atom stereocenters. The van der Waals surface area contributed by atoms with E-state index in [1.807, 2.05) is 0 Å². The Morgan fingerprint density at radius 1 is 1.06 bits per heavy atom. The van der Waals surface area contributed by atoms with Gasteiger partial charge in [-0.15, -0.1) is 0 Å². The molecule has 86 valence electrons. The van der Waals surface area contributed by atoms with Gasteiger partial charge in [-0.3, -0.25) is 4.90 Å². The van der Waals surface area contributed by atoms with Crippen molar-refractivity contribution < 1.29 is 5.11 Å². The highest BCUT2D eigenvalue weighted by Crippen LogP contribution is 2.37. The van der Waals surface area contributed by atoms with Gasteiger partial charge in [0.15, 0.2) is 0 Å². The highest BCUT2D eigenvalue weighted by atomic mass is 16.3. The predicted octanol–water partition coefficient (Wildman–Crippen LogP) is 1.89. The molecule has 2 nitrogen and oxygen atoms in total. The molecule has 2 atom stereocenters. The smallest absolute Gasteiger partial charge is 0.0620 e. The maximum absolute atomic E-state index is 9.97. The Balaban J connectivity index is 1.66. The lowest BCUT2D eigenvalue weighted by molar-refractivity contribution is 0.0139. The maximum Gasteiger partial charge on any atom is 0.0620 e. The molecular formula is C14H19NO. The van der Waals surface area contributed by atoms with E-state index < -0.39 is 0 Å². The average Bonchev–Trinajstić information content (AvgIpc) is 2.54. The number of nitrogens with zero attached hydrogens (tertiary/aromatic N) is 1. The summed E-state index contributed by atoms with van der Waals surface area (Å²) in [6.45, 7) is 3.19. The second-order valence-corrected chi connectivity index (χ2v) is 5.27. The standard InChI is InChI=1S/C14H19NO/c16-14-12-6-7-13(14)10-15(9-12)8-11-4-2-1-3-5-11/h1-5,12-14,16H,6-10H2. The summed E-state index contributed by atoms with van der Waals surface area (Å²) in [7, 11) is 0. The van der Waals surface area contributed by atoms with Gasteiger partial charge in [0.05, 0.1) is 6.10 Å². The molecule has 1 saturated heterocycles. The third kappa shape index (κ3) is 1.87. The van der Waals surface area contributed by atoms with Crippen molar-refractivity contribution in [3.05, 3.63) is 35.9 Å². The molecule has 1 saturated carbocycles. The Morgan fingerprint density at radius 2 is 1.69 bits per heavy atom. The van der Waals surface area contributed by atoms with Crippen LogP contribution in [0.5, 0.6) is 0 Å². The van der Waals surface area contributed by atoms with E-state index in [0.717, 1.165) is 19.6 Å². The first-order valence-corrected chi connectivity index (χ1v) is 6.27. The molecule has 1 aromatic carbocycles. The largest absolute Gasteiger partial charge is 0.392 e. The summed E-state index contributed by atoms with van der Waals surface area (Å²) in [5.74, 6) is 1.06. The quantitative estimate of drug-likeness (QED) is 0.817. The van der Waals surface area contributed by atoms with Crippen LogP contribution < -0.4 is 0 Å². The fourth-order valence-electron chi connectivity index (χ4n) is 3.26. The number of rotatable bonds is 2. The van der Waals surface area contributed by atoms with E-state index in [0.29, 0.717) is 11.8 Å². The van der Waals surface area contributed by atoms with Gasteiger partial charge in [0.25, 0.3) is 0 Å². The van der Waals surface area contributed by atoms with Crippen molar-refractivity contribution in [2.75, 3.05) is 13.1 Å². The van der Waals surface area contributed by atoms with E-state index in [2.05, 4.69) is 35.2 Å². The maximum atomic E-state index is 9.97. The summed E-state index contributed by atoms with van der Waals surface area (Å²) in [6, 6.07) is 10.6. The molecule has 1 heterocycles. The monoisotopic (exact) mass is 217 g/mol. The molecule has 3 rings (SSSR count). The molecule has 2 fully saturated rings. The number of aliphatic hydroxyl groups is 1. The number of piperidine rings is 1. The number of fused-ring (bicyclic) bond motifs is 2. The van der Waals surface area contributed by atoms with Gasteiger partial charge >= 0.3 is 0 Å². The van der Waals surface area contributed by atoms with Crippen molar-refractivity contribution in [2.45, 2.75) is 25.5 Å². The number of benzene rings is 1. The first-order chi connectivity index (χ1) is 7.83. The van der Waals surface area contributed by atoms with E-state index in [1.165, 1.54) is 18.4 Å². The van der Waals surface area contributed by atoms with Gasteiger partial charge in [-0.1, -0.05) is 30.3 Å². The predicted molar refractivity (Wildman–Crippen MR) is 63.9 cm³/mol. The zero-order valence-corrected chi connectivity index (χ0v) is 9.55. The second kappa shape index (κ2) is 4.19. The van der Waals surface area contributed by atoms with Gasteiger partial charge in [0, 0.05) is 19.6 Å². The molecule has 2 heteroatoms. The molecule has 1 aromatic rings. The van der Waals surface area contributed by atoms with Gasteiger partial charge in [-0.2, -0.15) is 0 Å². The second-order valence-electron chi connectivity index (χ2n) is 5.27. The van der Waals surface area contributed by atoms with Crippen LogP contribution in [-0.4, -0.2) is 29.2 Å². The first-order valence-electron chi connectivity index (χ1n) is 6.27. The molecule has 1 aliphatic heterocycles. The highest BCUT2D eigenvalue weighted by Gasteiger charge is 2.40. The third-order valence-corrected chi connectivity index (χ3v) is 4.11. The lowest BCUT2D eigenvalue weighted by Crippen LogP contribution is -2.44. The Bertz CT molecular complexity index is 337. The van der Waals surface area contributed by atoms with Crippen molar-refractivity contribution in [1.82, 2.24) is 4.90 Å². The average molecular weight is 217 g/mol. The van der Waals surface area contributed by atoms with Gasteiger partial charge in [0.1, 0.15) is 0 Å². The van der Waals surface area contributed by atoms with Gasteiger partial charge in [-0.05, 0) is 30.2 Å². The Kier molecular flexibility index (Phi) is 2.70. The van der Waals surface area contributed by atoms with Crippen molar-refractivity contribution in [3.63, 3.8) is 0 Å². The molecule has 0 spiro atoms. The van der Waals surface area contributed by atoms with Gasteiger partial charge in [0.2, 0.25) is 0 Å². The molecule has 16 heavy (non-hydrogen) atoms. The van der Waals surface area contributed by atoms with Gasteiger partial charge < -0.3 is 5.11 Å². The Hall–Kier alpha value is -0.860. The normalized spacial score (nSPS) is 34.2. The van der Waals surface area contributed by atoms with Crippen LogP contribution in [0.1, 0.15) is 18.4 Å². The Labute approximate surface area is 96.9 Å². The fraction of sp³-hybridized carbons (Fsp3) is 0.571. The zero-order valence-electron chi connectivity index (χ0n) is 9.55. The minimum absolute atomic E-state index is 0.0213. The van der Waals surface area contributed by atoms with Crippen LogP contribution in [0.15, 0.2) is 30.3 Å². The van der Waals surface area contributed by atoms with Crippen LogP contribution >= 0.6 is 0 Å². The number of hydrogen-bond donors (Lipinski definition) is 1.